The number of carbonyl (C=O) groups is 1. The second kappa shape index (κ2) is 5.76. The topological polar surface area (TPSA) is 71.4 Å². The van der Waals surface area contributed by atoms with E-state index in [9.17, 15) is 18.3 Å². The van der Waals surface area contributed by atoms with Gasteiger partial charge in [-0.05, 0) is 50.9 Å². The summed E-state index contributed by atoms with van der Waals surface area (Å²) in [5.41, 5.74) is -1.20. The fraction of sp³-hybridized carbons (Fsp3) is 0.933. The molecule has 20 heavy (non-hydrogen) atoms. The van der Waals surface area contributed by atoms with Gasteiger partial charge in [0.1, 0.15) is 15.4 Å². The SMILES string of the molecule is CC1CCC(O)(C(=O)C2CCCC(S(C)(=O)=O)C2)CC1. The fourth-order valence-corrected chi connectivity index (χ4v) is 4.81. The van der Waals surface area contributed by atoms with Crippen LogP contribution in [-0.2, 0) is 14.6 Å². The molecule has 4 nitrogen and oxygen atoms in total. The molecule has 2 aliphatic carbocycles. The number of carbonyl (C=O) groups excluding carboxylic acids is 1. The van der Waals surface area contributed by atoms with Crippen LogP contribution in [0.1, 0.15) is 58.3 Å². The molecule has 0 aromatic rings. The molecule has 0 spiro atoms. The Morgan fingerprint density at radius 3 is 2.30 bits per heavy atom. The molecule has 2 saturated carbocycles. The van der Waals surface area contributed by atoms with E-state index in [4.69, 9.17) is 0 Å². The molecule has 0 aromatic heterocycles. The lowest BCUT2D eigenvalue weighted by atomic mass is 9.71. The van der Waals surface area contributed by atoms with E-state index in [1.807, 2.05) is 0 Å². The zero-order valence-corrected chi connectivity index (χ0v) is 13.3. The summed E-state index contributed by atoms with van der Waals surface area (Å²) in [6.45, 7) is 2.14. The minimum atomic E-state index is -3.09. The van der Waals surface area contributed by atoms with Gasteiger partial charge in [-0.2, -0.15) is 0 Å². The van der Waals surface area contributed by atoms with Crippen LogP contribution in [-0.4, -0.2) is 36.4 Å². The molecule has 2 fully saturated rings. The Morgan fingerprint density at radius 1 is 1.15 bits per heavy atom. The summed E-state index contributed by atoms with van der Waals surface area (Å²) in [6, 6.07) is 0. The van der Waals surface area contributed by atoms with Crippen LogP contribution in [0.15, 0.2) is 0 Å². The molecule has 2 rings (SSSR count). The second-order valence-corrected chi connectivity index (χ2v) is 9.22. The Kier molecular flexibility index (Phi) is 4.59. The van der Waals surface area contributed by atoms with Gasteiger partial charge in [-0.1, -0.05) is 13.3 Å². The molecule has 0 radical (unpaired) electrons. The van der Waals surface area contributed by atoms with E-state index in [1.54, 1.807) is 0 Å². The van der Waals surface area contributed by atoms with E-state index < -0.39 is 20.7 Å². The first kappa shape index (κ1) is 16.0. The lowest BCUT2D eigenvalue weighted by molar-refractivity contribution is -0.146. The summed E-state index contributed by atoms with van der Waals surface area (Å²) in [5.74, 6) is 0.192. The smallest absolute Gasteiger partial charge is 0.167 e. The largest absolute Gasteiger partial charge is 0.382 e. The lowest BCUT2D eigenvalue weighted by Crippen LogP contribution is -2.47. The maximum absolute atomic E-state index is 12.6. The third-order valence-electron chi connectivity index (χ3n) is 5.16. The average Bonchev–Trinajstić information content (AvgIpc) is 2.41. The van der Waals surface area contributed by atoms with Crippen LogP contribution in [0, 0.1) is 11.8 Å². The van der Waals surface area contributed by atoms with Crippen LogP contribution < -0.4 is 0 Å². The zero-order chi connectivity index (χ0) is 15.0. The van der Waals surface area contributed by atoms with Crippen molar-refractivity contribution in [1.82, 2.24) is 0 Å². The van der Waals surface area contributed by atoms with E-state index >= 15 is 0 Å². The maximum Gasteiger partial charge on any atom is 0.167 e. The van der Waals surface area contributed by atoms with Gasteiger partial charge in [-0.3, -0.25) is 4.79 Å². The van der Waals surface area contributed by atoms with E-state index in [1.165, 1.54) is 6.26 Å². The summed E-state index contributed by atoms with van der Waals surface area (Å²) < 4.78 is 23.4. The third-order valence-corrected chi connectivity index (χ3v) is 6.80. The number of aliphatic hydroxyl groups is 1. The highest BCUT2D eigenvalue weighted by Crippen LogP contribution is 2.38. The average molecular weight is 302 g/mol. The number of ketones is 1. The number of Topliss-reactive ketones (excluding diaryl/α,β-unsaturated/α-hetero) is 1. The van der Waals surface area contributed by atoms with E-state index in [0.29, 0.717) is 31.6 Å². The molecule has 0 saturated heterocycles. The Bertz CT molecular complexity index is 460. The molecule has 1 N–H and O–H groups in total. The normalized spacial score (nSPS) is 39.5. The minimum Gasteiger partial charge on any atom is -0.382 e. The van der Waals surface area contributed by atoms with Crippen molar-refractivity contribution in [2.45, 2.75) is 69.1 Å². The summed E-state index contributed by atoms with van der Waals surface area (Å²) in [7, 11) is -3.09. The van der Waals surface area contributed by atoms with Gasteiger partial charge < -0.3 is 5.11 Å². The van der Waals surface area contributed by atoms with Crippen molar-refractivity contribution in [3.63, 3.8) is 0 Å². The molecule has 0 amide bonds. The predicted octanol–water partition coefficient (Wildman–Crippen LogP) is 2.10. The number of hydrogen-bond acceptors (Lipinski definition) is 4. The van der Waals surface area contributed by atoms with Gasteiger partial charge in [0.15, 0.2) is 5.78 Å². The quantitative estimate of drug-likeness (QED) is 0.866. The fourth-order valence-electron chi connectivity index (χ4n) is 3.64. The Labute approximate surface area is 121 Å². The molecule has 2 aliphatic rings. The van der Waals surface area contributed by atoms with Gasteiger partial charge in [0.25, 0.3) is 0 Å². The van der Waals surface area contributed by atoms with Crippen molar-refractivity contribution in [3.8, 4) is 0 Å². The highest BCUT2D eigenvalue weighted by Gasteiger charge is 2.44. The first-order chi connectivity index (χ1) is 9.22. The Hall–Kier alpha value is -0.420. The molecule has 0 aromatic carbocycles. The highest BCUT2D eigenvalue weighted by atomic mass is 32.2. The monoisotopic (exact) mass is 302 g/mol. The van der Waals surface area contributed by atoms with Crippen molar-refractivity contribution < 1.29 is 18.3 Å². The molecule has 2 unspecified atom stereocenters. The van der Waals surface area contributed by atoms with E-state index in [0.717, 1.165) is 25.7 Å². The van der Waals surface area contributed by atoms with Gasteiger partial charge in [-0.15, -0.1) is 0 Å². The molecule has 5 heteroatoms. The number of hydrogen-bond donors (Lipinski definition) is 1. The summed E-state index contributed by atoms with van der Waals surface area (Å²) in [6.07, 6.45) is 6.62. The van der Waals surface area contributed by atoms with Crippen LogP contribution in [0.25, 0.3) is 0 Å². The first-order valence-electron chi connectivity index (χ1n) is 7.68. The van der Waals surface area contributed by atoms with Crippen molar-refractivity contribution in [2.24, 2.45) is 11.8 Å². The van der Waals surface area contributed by atoms with Gasteiger partial charge in [0.05, 0.1) is 5.25 Å². The summed E-state index contributed by atoms with van der Waals surface area (Å²) in [4.78, 5) is 12.6. The molecular weight excluding hydrogens is 276 g/mol. The van der Waals surface area contributed by atoms with Gasteiger partial charge in [-0.25, -0.2) is 8.42 Å². The molecule has 2 atom stereocenters. The van der Waals surface area contributed by atoms with Gasteiger partial charge >= 0.3 is 0 Å². The maximum atomic E-state index is 12.6. The van der Waals surface area contributed by atoms with E-state index in [2.05, 4.69) is 6.92 Å². The molecule has 0 bridgehead atoms. The molecule has 0 heterocycles. The van der Waals surface area contributed by atoms with Crippen LogP contribution >= 0.6 is 0 Å². The highest BCUT2D eigenvalue weighted by molar-refractivity contribution is 7.91. The standard InChI is InChI=1S/C15H26O4S/c1-11-6-8-15(17,9-7-11)14(16)12-4-3-5-13(10-12)20(2,18)19/h11-13,17H,3-10H2,1-2H3. The third kappa shape index (κ3) is 3.42. The number of sulfone groups is 1. The Morgan fingerprint density at radius 2 is 1.75 bits per heavy atom. The zero-order valence-electron chi connectivity index (χ0n) is 12.5. The van der Waals surface area contributed by atoms with Crippen LogP contribution in [0.5, 0.6) is 0 Å². The minimum absolute atomic E-state index is 0.0993. The van der Waals surface area contributed by atoms with Gasteiger partial charge in [0.2, 0.25) is 0 Å². The lowest BCUT2D eigenvalue weighted by Gasteiger charge is -2.38. The Balaban J connectivity index is 2.05. The van der Waals surface area contributed by atoms with Crippen molar-refractivity contribution in [1.29, 1.82) is 0 Å². The first-order valence-corrected chi connectivity index (χ1v) is 9.63. The van der Waals surface area contributed by atoms with Crippen molar-refractivity contribution >= 4 is 15.6 Å². The summed E-state index contributed by atoms with van der Waals surface area (Å²) in [5, 5.41) is 10.2. The second-order valence-electron chi connectivity index (χ2n) is 6.89. The van der Waals surface area contributed by atoms with Crippen LogP contribution in [0.4, 0.5) is 0 Å². The molecular formula is C15H26O4S. The number of rotatable bonds is 3. The predicted molar refractivity (Wildman–Crippen MR) is 78.2 cm³/mol. The molecule has 0 aliphatic heterocycles. The van der Waals surface area contributed by atoms with Crippen LogP contribution in [0.3, 0.4) is 0 Å². The van der Waals surface area contributed by atoms with Crippen molar-refractivity contribution in [3.05, 3.63) is 0 Å². The van der Waals surface area contributed by atoms with Crippen molar-refractivity contribution in [2.75, 3.05) is 6.26 Å². The van der Waals surface area contributed by atoms with Gasteiger partial charge in [0, 0.05) is 12.2 Å². The van der Waals surface area contributed by atoms with E-state index in [-0.39, 0.29) is 11.7 Å². The summed E-state index contributed by atoms with van der Waals surface area (Å²) >= 11 is 0. The molecule has 116 valence electrons. The van der Waals surface area contributed by atoms with Crippen LogP contribution in [0.2, 0.25) is 0 Å².